The van der Waals surface area contributed by atoms with Gasteiger partial charge in [0, 0.05) is 35.6 Å². The summed E-state index contributed by atoms with van der Waals surface area (Å²) in [7, 11) is 0. The Morgan fingerprint density at radius 3 is 2.74 bits per heavy atom. The van der Waals surface area contributed by atoms with Crippen molar-refractivity contribution < 1.29 is 4.79 Å². The fraction of sp³-hybridized carbons (Fsp3) is 0.350. The summed E-state index contributed by atoms with van der Waals surface area (Å²) in [5.41, 5.74) is 4.69. The SMILES string of the molecule is Cc1cc(C)n(-c2cccc(NC(=O)NCCc3csc(C(C)C)n3)c2)n1. The lowest BCUT2D eigenvalue weighted by atomic mass is 10.2. The second kappa shape index (κ2) is 8.35. The normalized spacial score (nSPS) is 11.0. The molecule has 3 rings (SSSR count). The van der Waals surface area contributed by atoms with Gasteiger partial charge in [0.2, 0.25) is 0 Å². The molecule has 2 aromatic heterocycles. The van der Waals surface area contributed by atoms with Crippen molar-refractivity contribution in [3.05, 3.63) is 57.8 Å². The lowest BCUT2D eigenvalue weighted by Gasteiger charge is -2.10. The lowest BCUT2D eigenvalue weighted by molar-refractivity contribution is 0.252. The van der Waals surface area contributed by atoms with Crippen LogP contribution in [-0.4, -0.2) is 27.3 Å². The summed E-state index contributed by atoms with van der Waals surface area (Å²) < 4.78 is 1.87. The number of nitrogens with one attached hydrogen (secondary N) is 2. The van der Waals surface area contributed by atoms with E-state index in [1.807, 2.05) is 48.9 Å². The number of rotatable bonds is 6. The molecule has 0 unspecified atom stereocenters. The van der Waals surface area contributed by atoms with E-state index < -0.39 is 0 Å². The molecule has 0 aliphatic rings. The van der Waals surface area contributed by atoms with Crippen LogP contribution in [0, 0.1) is 13.8 Å². The van der Waals surface area contributed by atoms with E-state index in [-0.39, 0.29) is 6.03 Å². The van der Waals surface area contributed by atoms with E-state index in [2.05, 4.69) is 39.9 Å². The van der Waals surface area contributed by atoms with E-state index in [9.17, 15) is 4.79 Å². The van der Waals surface area contributed by atoms with Gasteiger partial charge in [-0.05, 0) is 38.1 Å². The predicted octanol–water partition coefficient (Wildman–Crippen LogP) is 4.43. The van der Waals surface area contributed by atoms with Gasteiger partial charge in [-0.3, -0.25) is 0 Å². The Morgan fingerprint density at radius 2 is 2.07 bits per heavy atom. The maximum Gasteiger partial charge on any atom is 0.319 e. The maximum atomic E-state index is 12.2. The molecule has 0 radical (unpaired) electrons. The summed E-state index contributed by atoms with van der Waals surface area (Å²) in [6, 6.07) is 9.45. The predicted molar refractivity (Wildman–Crippen MR) is 110 cm³/mol. The second-order valence-electron chi connectivity index (χ2n) is 6.85. The van der Waals surface area contributed by atoms with Crippen molar-refractivity contribution in [2.24, 2.45) is 0 Å². The molecule has 0 aliphatic heterocycles. The van der Waals surface area contributed by atoms with Crippen molar-refractivity contribution in [1.82, 2.24) is 20.1 Å². The molecule has 2 amide bonds. The first-order valence-corrected chi connectivity index (χ1v) is 9.93. The van der Waals surface area contributed by atoms with E-state index in [1.54, 1.807) is 11.3 Å². The Bertz CT molecular complexity index is 928. The highest BCUT2D eigenvalue weighted by Gasteiger charge is 2.08. The van der Waals surface area contributed by atoms with Crippen molar-refractivity contribution in [3.8, 4) is 5.69 Å². The molecule has 3 aromatic rings. The zero-order valence-electron chi connectivity index (χ0n) is 16.1. The van der Waals surface area contributed by atoms with Gasteiger partial charge in [-0.15, -0.1) is 11.3 Å². The van der Waals surface area contributed by atoms with Gasteiger partial charge in [-0.1, -0.05) is 19.9 Å². The van der Waals surface area contributed by atoms with Crippen LogP contribution in [0.25, 0.3) is 5.69 Å². The highest BCUT2D eigenvalue weighted by molar-refractivity contribution is 7.09. The van der Waals surface area contributed by atoms with E-state index in [0.717, 1.165) is 39.9 Å². The van der Waals surface area contributed by atoms with Crippen LogP contribution >= 0.6 is 11.3 Å². The molecular weight excluding hydrogens is 358 g/mol. The summed E-state index contributed by atoms with van der Waals surface area (Å²) in [6.45, 7) is 8.79. The van der Waals surface area contributed by atoms with Gasteiger partial charge < -0.3 is 10.6 Å². The summed E-state index contributed by atoms with van der Waals surface area (Å²) in [5, 5.41) is 13.4. The van der Waals surface area contributed by atoms with E-state index in [0.29, 0.717) is 12.5 Å². The standard InChI is InChI=1S/C20H25N5OS/c1-13(2)19-22-17(12-27-19)8-9-21-20(26)23-16-6-5-7-18(11-16)25-15(4)10-14(3)24-25/h5-7,10-13H,8-9H2,1-4H3,(H2,21,23,26). The number of benzene rings is 1. The average molecular weight is 384 g/mol. The van der Waals surface area contributed by atoms with E-state index in [1.165, 1.54) is 0 Å². The smallest absolute Gasteiger partial charge is 0.319 e. The molecule has 0 saturated heterocycles. The fourth-order valence-corrected chi connectivity index (χ4v) is 3.66. The molecule has 6 nitrogen and oxygen atoms in total. The van der Waals surface area contributed by atoms with Gasteiger partial charge >= 0.3 is 6.03 Å². The number of hydrogen-bond donors (Lipinski definition) is 2. The zero-order valence-corrected chi connectivity index (χ0v) is 16.9. The van der Waals surface area contributed by atoms with Crippen LogP contribution in [0.5, 0.6) is 0 Å². The van der Waals surface area contributed by atoms with Gasteiger partial charge in [0.15, 0.2) is 0 Å². The molecule has 0 aliphatic carbocycles. The number of aromatic nitrogens is 3. The Labute approximate surface area is 163 Å². The van der Waals surface area contributed by atoms with Gasteiger partial charge in [0.25, 0.3) is 0 Å². The molecule has 0 atom stereocenters. The summed E-state index contributed by atoms with van der Waals surface area (Å²) >= 11 is 1.67. The van der Waals surface area contributed by atoms with Crippen LogP contribution in [0.4, 0.5) is 10.5 Å². The number of urea groups is 1. The summed E-state index contributed by atoms with van der Waals surface area (Å²) in [4.78, 5) is 16.8. The Hall–Kier alpha value is -2.67. The van der Waals surface area contributed by atoms with Gasteiger partial charge in [0.1, 0.15) is 0 Å². The number of thiazole rings is 1. The highest BCUT2D eigenvalue weighted by atomic mass is 32.1. The number of carbonyl (C=O) groups excluding carboxylic acids is 1. The first-order chi connectivity index (χ1) is 12.9. The third kappa shape index (κ3) is 4.95. The van der Waals surface area contributed by atoms with Gasteiger partial charge in [-0.2, -0.15) is 5.10 Å². The maximum absolute atomic E-state index is 12.2. The number of anilines is 1. The largest absolute Gasteiger partial charge is 0.337 e. The zero-order chi connectivity index (χ0) is 19.4. The highest BCUT2D eigenvalue weighted by Crippen LogP contribution is 2.19. The molecule has 27 heavy (non-hydrogen) atoms. The molecular formula is C20H25N5OS. The molecule has 0 bridgehead atoms. The first-order valence-electron chi connectivity index (χ1n) is 9.05. The Balaban J connectivity index is 1.54. The number of aryl methyl sites for hydroxylation is 2. The summed E-state index contributed by atoms with van der Waals surface area (Å²) in [5.74, 6) is 0.439. The Kier molecular flexibility index (Phi) is 5.91. The molecule has 1 aromatic carbocycles. The Morgan fingerprint density at radius 1 is 1.26 bits per heavy atom. The molecule has 0 saturated carbocycles. The third-order valence-corrected chi connectivity index (χ3v) is 5.28. The number of carbonyl (C=O) groups is 1. The van der Waals surface area contributed by atoms with Crippen LogP contribution in [-0.2, 0) is 6.42 Å². The molecule has 0 spiro atoms. The second-order valence-corrected chi connectivity index (χ2v) is 7.74. The van der Waals surface area contributed by atoms with E-state index >= 15 is 0 Å². The van der Waals surface area contributed by atoms with Crippen molar-refractivity contribution in [2.45, 2.75) is 40.0 Å². The minimum atomic E-state index is -0.222. The van der Waals surface area contributed by atoms with Crippen LogP contribution in [0.1, 0.15) is 41.9 Å². The molecule has 7 heteroatoms. The molecule has 2 N–H and O–H groups in total. The van der Waals surface area contributed by atoms with E-state index in [4.69, 9.17) is 0 Å². The molecule has 2 heterocycles. The minimum absolute atomic E-state index is 0.222. The van der Waals surface area contributed by atoms with Crippen molar-refractivity contribution in [1.29, 1.82) is 0 Å². The van der Waals surface area contributed by atoms with Crippen molar-refractivity contribution in [3.63, 3.8) is 0 Å². The first kappa shape index (κ1) is 19.1. The molecule has 0 fully saturated rings. The quantitative estimate of drug-likeness (QED) is 0.661. The van der Waals surface area contributed by atoms with Crippen molar-refractivity contribution in [2.75, 3.05) is 11.9 Å². The third-order valence-electron chi connectivity index (χ3n) is 4.09. The monoisotopic (exact) mass is 383 g/mol. The number of nitrogens with zero attached hydrogens (tertiary/aromatic N) is 3. The minimum Gasteiger partial charge on any atom is -0.337 e. The van der Waals surface area contributed by atoms with Crippen LogP contribution in [0.15, 0.2) is 35.7 Å². The number of amides is 2. The van der Waals surface area contributed by atoms with Gasteiger partial charge in [-0.25, -0.2) is 14.5 Å². The topological polar surface area (TPSA) is 71.8 Å². The van der Waals surface area contributed by atoms with Crippen LogP contribution < -0.4 is 10.6 Å². The lowest BCUT2D eigenvalue weighted by Crippen LogP contribution is -2.30. The molecule has 142 valence electrons. The van der Waals surface area contributed by atoms with Crippen LogP contribution in [0.2, 0.25) is 0 Å². The summed E-state index contributed by atoms with van der Waals surface area (Å²) in [6.07, 6.45) is 0.725. The van der Waals surface area contributed by atoms with Crippen LogP contribution in [0.3, 0.4) is 0 Å². The average Bonchev–Trinajstić information content (AvgIpc) is 3.21. The fourth-order valence-electron chi connectivity index (χ4n) is 2.79. The van der Waals surface area contributed by atoms with Crippen molar-refractivity contribution >= 4 is 23.1 Å². The number of hydrogen-bond acceptors (Lipinski definition) is 4. The van der Waals surface area contributed by atoms with Gasteiger partial charge in [0.05, 0.1) is 22.1 Å².